The highest BCUT2D eigenvalue weighted by molar-refractivity contribution is 5.94. The van der Waals surface area contributed by atoms with Crippen LogP contribution in [-0.2, 0) is 13.1 Å². The SMILES string of the molecule is CCCCCNC(=O)c1ccc2c(c1)CNC2. The third-order valence-corrected chi connectivity index (χ3v) is 3.17. The van der Waals surface area contributed by atoms with E-state index in [2.05, 4.69) is 23.6 Å². The quantitative estimate of drug-likeness (QED) is 0.764. The highest BCUT2D eigenvalue weighted by Crippen LogP contribution is 2.16. The second-order valence-corrected chi connectivity index (χ2v) is 4.55. The maximum absolute atomic E-state index is 11.9. The van der Waals surface area contributed by atoms with Crippen molar-refractivity contribution in [2.45, 2.75) is 39.3 Å². The Bertz CT molecular complexity index is 401. The van der Waals surface area contributed by atoms with Crippen LogP contribution in [0.1, 0.15) is 47.7 Å². The average molecular weight is 232 g/mol. The van der Waals surface area contributed by atoms with Gasteiger partial charge in [-0.2, -0.15) is 0 Å². The third kappa shape index (κ3) is 3.07. The Morgan fingerprint density at radius 2 is 2.12 bits per heavy atom. The Morgan fingerprint density at radius 3 is 2.94 bits per heavy atom. The van der Waals surface area contributed by atoms with Gasteiger partial charge in [-0.15, -0.1) is 0 Å². The number of unbranched alkanes of at least 4 members (excludes halogenated alkanes) is 2. The summed E-state index contributed by atoms with van der Waals surface area (Å²) < 4.78 is 0. The van der Waals surface area contributed by atoms with Gasteiger partial charge in [0.2, 0.25) is 0 Å². The first-order valence-corrected chi connectivity index (χ1v) is 6.42. The number of carbonyl (C=O) groups excluding carboxylic acids is 1. The largest absolute Gasteiger partial charge is 0.352 e. The predicted molar refractivity (Wildman–Crippen MR) is 68.8 cm³/mol. The fraction of sp³-hybridized carbons (Fsp3) is 0.500. The smallest absolute Gasteiger partial charge is 0.251 e. The van der Waals surface area contributed by atoms with Crippen LogP contribution in [0, 0.1) is 0 Å². The van der Waals surface area contributed by atoms with E-state index in [1.807, 2.05) is 12.1 Å². The van der Waals surface area contributed by atoms with E-state index < -0.39 is 0 Å². The highest BCUT2D eigenvalue weighted by atomic mass is 16.1. The lowest BCUT2D eigenvalue weighted by molar-refractivity contribution is 0.0953. The van der Waals surface area contributed by atoms with Crippen molar-refractivity contribution >= 4 is 5.91 Å². The first-order chi connectivity index (χ1) is 8.31. The van der Waals surface area contributed by atoms with Gasteiger partial charge >= 0.3 is 0 Å². The summed E-state index contributed by atoms with van der Waals surface area (Å²) in [5.41, 5.74) is 3.35. The molecule has 2 N–H and O–H groups in total. The normalized spacial score (nSPS) is 13.5. The number of benzene rings is 1. The molecule has 0 spiro atoms. The molecular formula is C14H20N2O. The van der Waals surface area contributed by atoms with Crippen LogP contribution in [0.15, 0.2) is 18.2 Å². The second kappa shape index (κ2) is 5.82. The van der Waals surface area contributed by atoms with Crippen LogP contribution in [0.4, 0.5) is 0 Å². The average Bonchev–Trinajstić information content (AvgIpc) is 2.81. The van der Waals surface area contributed by atoms with Crippen molar-refractivity contribution in [1.82, 2.24) is 10.6 Å². The lowest BCUT2D eigenvalue weighted by Gasteiger charge is -2.06. The van der Waals surface area contributed by atoms with E-state index in [1.54, 1.807) is 0 Å². The summed E-state index contributed by atoms with van der Waals surface area (Å²) in [6.07, 6.45) is 3.42. The van der Waals surface area contributed by atoms with Crippen LogP contribution in [0.2, 0.25) is 0 Å². The summed E-state index contributed by atoms with van der Waals surface area (Å²) in [5.74, 6) is 0.0517. The second-order valence-electron chi connectivity index (χ2n) is 4.55. The molecular weight excluding hydrogens is 212 g/mol. The standard InChI is InChI=1S/C14H20N2O/c1-2-3-4-7-16-14(17)11-5-6-12-9-15-10-13(12)8-11/h5-6,8,15H,2-4,7,9-10H2,1H3,(H,16,17). The highest BCUT2D eigenvalue weighted by Gasteiger charge is 2.12. The van der Waals surface area contributed by atoms with Crippen molar-refractivity contribution in [1.29, 1.82) is 0 Å². The first kappa shape index (κ1) is 12.1. The lowest BCUT2D eigenvalue weighted by Crippen LogP contribution is -2.24. The van der Waals surface area contributed by atoms with E-state index in [0.717, 1.165) is 31.6 Å². The Kier molecular flexibility index (Phi) is 4.15. The molecule has 17 heavy (non-hydrogen) atoms. The van der Waals surface area contributed by atoms with Gasteiger partial charge in [-0.1, -0.05) is 25.8 Å². The van der Waals surface area contributed by atoms with Crippen molar-refractivity contribution < 1.29 is 4.79 Å². The van der Waals surface area contributed by atoms with E-state index in [0.29, 0.717) is 0 Å². The maximum atomic E-state index is 11.9. The lowest BCUT2D eigenvalue weighted by atomic mass is 10.1. The van der Waals surface area contributed by atoms with Gasteiger partial charge in [0.1, 0.15) is 0 Å². The first-order valence-electron chi connectivity index (χ1n) is 6.42. The number of nitrogens with one attached hydrogen (secondary N) is 2. The van der Waals surface area contributed by atoms with Gasteiger partial charge in [0, 0.05) is 25.2 Å². The van der Waals surface area contributed by atoms with Gasteiger partial charge in [0.05, 0.1) is 0 Å². The molecule has 1 heterocycles. The summed E-state index contributed by atoms with van der Waals surface area (Å²) in [7, 11) is 0. The zero-order valence-corrected chi connectivity index (χ0v) is 10.4. The van der Waals surface area contributed by atoms with Crippen LogP contribution in [0.5, 0.6) is 0 Å². The fourth-order valence-corrected chi connectivity index (χ4v) is 2.11. The van der Waals surface area contributed by atoms with Crippen molar-refractivity contribution in [3.05, 3.63) is 34.9 Å². The van der Waals surface area contributed by atoms with E-state index >= 15 is 0 Å². The van der Waals surface area contributed by atoms with E-state index in [4.69, 9.17) is 0 Å². The van der Waals surface area contributed by atoms with Crippen LogP contribution in [-0.4, -0.2) is 12.5 Å². The molecule has 0 saturated carbocycles. The zero-order valence-electron chi connectivity index (χ0n) is 10.4. The van der Waals surface area contributed by atoms with Crippen molar-refractivity contribution in [3.8, 4) is 0 Å². The van der Waals surface area contributed by atoms with E-state index in [1.165, 1.54) is 24.0 Å². The minimum absolute atomic E-state index is 0.0517. The number of amides is 1. The summed E-state index contributed by atoms with van der Waals surface area (Å²) in [6.45, 7) is 4.75. The molecule has 92 valence electrons. The van der Waals surface area contributed by atoms with Gasteiger partial charge in [-0.25, -0.2) is 0 Å². The minimum atomic E-state index is 0.0517. The summed E-state index contributed by atoms with van der Waals surface area (Å²) in [6, 6.07) is 5.97. The molecule has 0 saturated heterocycles. The molecule has 1 aromatic rings. The Labute approximate surface area is 103 Å². The molecule has 1 aliphatic heterocycles. The van der Waals surface area contributed by atoms with Gasteiger partial charge in [-0.3, -0.25) is 4.79 Å². The Balaban J connectivity index is 1.91. The molecule has 0 unspecified atom stereocenters. The molecule has 1 aliphatic rings. The number of hydrogen-bond donors (Lipinski definition) is 2. The van der Waals surface area contributed by atoms with Gasteiger partial charge < -0.3 is 10.6 Å². The Morgan fingerprint density at radius 1 is 1.29 bits per heavy atom. The molecule has 0 fully saturated rings. The summed E-state index contributed by atoms with van der Waals surface area (Å²) in [4.78, 5) is 11.9. The van der Waals surface area contributed by atoms with E-state index in [-0.39, 0.29) is 5.91 Å². The molecule has 1 aromatic carbocycles. The Hall–Kier alpha value is -1.35. The molecule has 1 amide bonds. The number of rotatable bonds is 5. The van der Waals surface area contributed by atoms with Gasteiger partial charge in [-0.05, 0) is 29.7 Å². The third-order valence-electron chi connectivity index (χ3n) is 3.17. The van der Waals surface area contributed by atoms with Gasteiger partial charge in [0.15, 0.2) is 0 Å². The number of carbonyl (C=O) groups is 1. The van der Waals surface area contributed by atoms with E-state index in [9.17, 15) is 4.79 Å². The zero-order chi connectivity index (χ0) is 12.1. The van der Waals surface area contributed by atoms with Crippen LogP contribution in [0.25, 0.3) is 0 Å². The van der Waals surface area contributed by atoms with Crippen molar-refractivity contribution in [2.75, 3.05) is 6.54 Å². The fourth-order valence-electron chi connectivity index (χ4n) is 2.11. The molecule has 0 aliphatic carbocycles. The van der Waals surface area contributed by atoms with Crippen molar-refractivity contribution in [3.63, 3.8) is 0 Å². The molecule has 0 bridgehead atoms. The van der Waals surface area contributed by atoms with Gasteiger partial charge in [0.25, 0.3) is 5.91 Å². The minimum Gasteiger partial charge on any atom is -0.352 e. The molecule has 3 nitrogen and oxygen atoms in total. The number of hydrogen-bond acceptors (Lipinski definition) is 2. The molecule has 0 aromatic heterocycles. The maximum Gasteiger partial charge on any atom is 0.251 e. The van der Waals surface area contributed by atoms with Crippen molar-refractivity contribution in [2.24, 2.45) is 0 Å². The summed E-state index contributed by atoms with van der Waals surface area (Å²) in [5, 5.41) is 6.25. The predicted octanol–water partition coefficient (Wildman–Crippen LogP) is 2.21. The molecule has 2 rings (SSSR count). The van der Waals surface area contributed by atoms with Crippen LogP contribution < -0.4 is 10.6 Å². The number of fused-ring (bicyclic) bond motifs is 1. The molecule has 3 heteroatoms. The van der Waals surface area contributed by atoms with Crippen LogP contribution in [0.3, 0.4) is 0 Å². The summed E-state index contributed by atoms with van der Waals surface area (Å²) >= 11 is 0. The monoisotopic (exact) mass is 232 g/mol. The topological polar surface area (TPSA) is 41.1 Å². The molecule has 0 atom stereocenters. The molecule has 0 radical (unpaired) electrons. The van der Waals surface area contributed by atoms with Crippen LogP contribution >= 0.6 is 0 Å².